The lowest BCUT2D eigenvalue weighted by Crippen LogP contribution is -2.33. The van der Waals surface area contributed by atoms with Crippen LogP contribution >= 0.6 is 0 Å². The number of aryl methyl sites for hydroxylation is 1. The highest BCUT2D eigenvalue weighted by Gasteiger charge is 2.17. The van der Waals surface area contributed by atoms with Crippen molar-refractivity contribution < 1.29 is 4.39 Å². The molecule has 0 N–H and O–H groups in total. The van der Waals surface area contributed by atoms with Crippen LogP contribution in [-0.4, -0.2) is 29.1 Å². The summed E-state index contributed by atoms with van der Waals surface area (Å²) in [7, 11) is 0. The summed E-state index contributed by atoms with van der Waals surface area (Å²) in [5.74, 6) is 0. The van der Waals surface area contributed by atoms with Crippen molar-refractivity contribution in [3.63, 3.8) is 0 Å². The van der Waals surface area contributed by atoms with Crippen molar-refractivity contribution in [3.05, 3.63) is 29.6 Å². The van der Waals surface area contributed by atoms with E-state index in [1.165, 1.54) is 5.56 Å². The number of likely N-dealkylation sites (tertiary alicyclic amines) is 1. The first kappa shape index (κ1) is 14.1. The van der Waals surface area contributed by atoms with Gasteiger partial charge in [0.15, 0.2) is 0 Å². The van der Waals surface area contributed by atoms with Crippen LogP contribution in [0.25, 0.3) is 0 Å². The average Bonchev–Trinajstić information content (AvgIpc) is 2.37. The summed E-state index contributed by atoms with van der Waals surface area (Å²) in [5, 5.41) is 0. The van der Waals surface area contributed by atoms with Crippen LogP contribution in [0.1, 0.15) is 37.9 Å². The van der Waals surface area contributed by atoms with Gasteiger partial charge in [0.05, 0.1) is 0 Å². The Labute approximate surface area is 104 Å². The van der Waals surface area contributed by atoms with Gasteiger partial charge in [0.25, 0.3) is 0 Å². The fourth-order valence-corrected chi connectivity index (χ4v) is 1.91. The van der Waals surface area contributed by atoms with E-state index >= 15 is 0 Å². The summed E-state index contributed by atoms with van der Waals surface area (Å²) >= 11 is 0. The van der Waals surface area contributed by atoms with Crippen LogP contribution in [0.4, 0.5) is 4.39 Å². The number of piperidine rings is 1. The molecule has 1 aromatic heterocycles. The summed E-state index contributed by atoms with van der Waals surface area (Å²) in [5.41, 5.74) is 2.26. The molecule has 0 saturated carbocycles. The van der Waals surface area contributed by atoms with E-state index in [1.54, 1.807) is 0 Å². The van der Waals surface area contributed by atoms with Crippen LogP contribution < -0.4 is 0 Å². The molecule has 0 amide bonds. The van der Waals surface area contributed by atoms with Crippen LogP contribution in [0.15, 0.2) is 18.3 Å². The van der Waals surface area contributed by atoms with Crippen LogP contribution in [-0.2, 0) is 6.54 Å². The normalized spacial score (nSPS) is 17.4. The Morgan fingerprint density at radius 2 is 1.94 bits per heavy atom. The number of pyridine rings is 1. The van der Waals surface area contributed by atoms with Gasteiger partial charge in [-0.05, 0) is 31.4 Å². The molecule has 1 aromatic rings. The molecule has 0 aliphatic carbocycles. The molecule has 2 rings (SSSR count). The van der Waals surface area contributed by atoms with E-state index in [9.17, 15) is 4.39 Å². The van der Waals surface area contributed by atoms with E-state index in [2.05, 4.69) is 16.0 Å². The summed E-state index contributed by atoms with van der Waals surface area (Å²) in [6.07, 6.45) is 2.69. The second-order valence-electron chi connectivity index (χ2n) is 4.26. The quantitative estimate of drug-likeness (QED) is 0.785. The molecule has 0 spiro atoms. The van der Waals surface area contributed by atoms with Gasteiger partial charge in [-0.15, -0.1) is 0 Å². The van der Waals surface area contributed by atoms with E-state index in [0.717, 1.165) is 25.3 Å². The maximum atomic E-state index is 12.9. The zero-order valence-corrected chi connectivity index (χ0v) is 11.1. The molecule has 2 heterocycles. The van der Waals surface area contributed by atoms with Gasteiger partial charge in [-0.25, -0.2) is 4.39 Å². The van der Waals surface area contributed by atoms with Crippen molar-refractivity contribution in [1.29, 1.82) is 0 Å². The highest BCUT2D eigenvalue weighted by molar-refractivity contribution is 5.13. The van der Waals surface area contributed by atoms with Gasteiger partial charge >= 0.3 is 0 Å². The summed E-state index contributed by atoms with van der Waals surface area (Å²) in [6.45, 7) is 8.63. The molecule has 1 aliphatic heterocycles. The number of hydrogen-bond donors (Lipinski definition) is 0. The van der Waals surface area contributed by atoms with Crippen molar-refractivity contribution in [2.75, 3.05) is 13.1 Å². The van der Waals surface area contributed by atoms with E-state index in [-0.39, 0.29) is 0 Å². The van der Waals surface area contributed by atoms with Crippen LogP contribution in [0, 0.1) is 6.92 Å². The Hall–Kier alpha value is -0.960. The maximum Gasteiger partial charge on any atom is 0.103 e. The molecule has 17 heavy (non-hydrogen) atoms. The standard InChI is InChI=1S/C12H17FN2.C2H6/c1-10-2-3-11(8-14-10)9-15-6-4-12(13)5-7-15;1-2/h2-3,8,12H,4-7,9H2,1H3;1-2H3. The Balaban J connectivity index is 0.000000686. The smallest absolute Gasteiger partial charge is 0.103 e. The predicted octanol–water partition coefficient (Wildman–Crippen LogP) is 3.35. The van der Waals surface area contributed by atoms with Crippen molar-refractivity contribution in [2.45, 2.75) is 46.3 Å². The molecular formula is C14H23FN2. The van der Waals surface area contributed by atoms with Gasteiger partial charge in [0.1, 0.15) is 6.17 Å². The Morgan fingerprint density at radius 1 is 1.29 bits per heavy atom. The minimum atomic E-state index is -0.586. The second-order valence-corrected chi connectivity index (χ2v) is 4.26. The molecule has 1 fully saturated rings. The van der Waals surface area contributed by atoms with E-state index < -0.39 is 6.17 Å². The van der Waals surface area contributed by atoms with E-state index in [0.29, 0.717) is 12.8 Å². The Morgan fingerprint density at radius 3 is 2.47 bits per heavy atom. The van der Waals surface area contributed by atoms with Crippen LogP contribution in [0.5, 0.6) is 0 Å². The third-order valence-corrected chi connectivity index (χ3v) is 2.90. The number of nitrogens with zero attached hydrogens (tertiary/aromatic N) is 2. The topological polar surface area (TPSA) is 16.1 Å². The van der Waals surface area contributed by atoms with Crippen molar-refractivity contribution >= 4 is 0 Å². The molecule has 0 bridgehead atoms. The fraction of sp³-hybridized carbons (Fsp3) is 0.643. The molecule has 0 aromatic carbocycles. The number of alkyl halides is 1. The molecule has 0 atom stereocenters. The first-order chi connectivity index (χ1) is 8.24. The second kappa shape index (κ2) is 7.38. The lowest BCUT2D eigenvalue weighted by molar-refractivity contribution is 0.145. The average molecular weight is 238 g/mol. The van der Waals surface area contributed by atoms with Crippen LogP contribution in [0.2, 0.25) is 0 Å². The highest BCUT2D eigenvalue weighted by Crippen LogP contribution is 2.15. The van der Waals surface area contributed by atoms with Crippen molar-refractivity contribution in [3.8, 4) is 0 Å². The largest absolute Gasteiger partial charge is 0.299 e. The molecule has 0 radical (unpaired) electrons. The van der Waals surface area contributed by atoms with Gasteiger partial charge in [0.2, 0.25) is 0 Å². The molecular weight excluding hydrogens is 215 g/mol. The molecule has 2 nitrogen and oxygen atoms in total. The number of aromatic nitrogens is 1. The third kappa shape index (κ3) is 4.82. The highest BCUT2D eigenvalue weighted by atomic mass is 19.1. The van der Waals surface area contributed by atoms with Crippen LogP contribution in [0.3, 0.4) is 0 Å². The van der Waals surface area contributed by atoms with Gasteiger partial charge in [-0.2, -0.15) is 0 Å². The molecule has 1 aliphatic rings. The summed E-state index contributed by atoms with van der Waals surface area (Å²) < 4.78 is 12.9. The summed E-state index contributed by atoms with van der Waals surface area (Å²) in [4.78, 5) is 6.55. The van der Waals surface area contributed by atoms with Gasteiger partial charge in [-0.1, -0.05) is 19.9 Å². The maximum absolute atomic E-state index is 12.9. The Kier molecular flexibility index (Phi) is 6.12. The molecule has 1 saturated heterocycles. The molecule has 3 heteroatoms. The van der Waals surface area contributed by atoms with Gasteiger partial charge in [0, 0.05) is 31.5 Å². The van der Waals surface area contributed by atoms with E-state index in [4.69, 9.17) is 0 Å². The monoisotopic (exact) mass is 238 g/mol. The minimum Gasteiger partial charge on any atom is -0.299 e. The molecule has 0 unspecified atom stereocenters. The number of rotatable bonds is 2. The summed E-state index contributed by atoms with van der Waals surface area (Å²) in [6, 6.07) is 4.13. The van der Waals surface area contributed by atoms with E-state index in [1.807, 2.05) is 33.0 Å². The lowest BCUT2D eigenvalue weighted by Gasteiger charge is -2.28. The lowest BCUT2D eigenvalue weighted by atomic mass is 10.1. The van der Waals surface area contributed by atoms with Crippen molar-refractivity contribution in [1.82, 2.24) is 9.88 Å². The van der Waals surface area contributed by atoms with Gasteiger partial charge in [-0.3, -0.25) is 9.88 Å². The van der Waals surface area contributed by atoms with Crippen molar-refractivity contribution in [2.24, 2.45) is 0 Å². The first-order valence-electron chi connectivity index (χ1n) is 6.52. The fourth-order valence-electron chi connectivity index (χ4n) is 1.91. The number of halogens is 1. The SMILES string of the molecule is CC.Cc1ccc(CN2CCC(F)CC2)cn1. The number of hydrogen-bond acceptors (Lipinski definition) is 2. The minimum absolute atomic E-state index is 0.586. The zero-order valence-electron chi connectivity index (χ0n) is 11.1. The third-order valence-electron chi connectivity index (χ3n) is 2.90. The van der Waals surface area contributed by atoms with Gasteiger partial charge < -0.3 is 0 Å². The Bertz CT molecular complexity index is 303. The first-order valence-corrected chi connectivity index (χ1v) is 6.52. The predicted molar refractivity (Wildman–Crippen MR) is 69.7 cm³/mol. The molecule has 96 valence electrons. The zero-order chi connectivity index (χ0) is 12.7.